The Morgan fingerprint density at radius 3 is 2.48 bits per heavy atom. The Kier molecular flexibility index (Phi) is 4.58. The van der Waals surface area contributed by atoms with Crippen LogP contribution in [0.4, 0.5) is 0 Å². The van der Waals surface area contributed by atoms with Gasteiger partial charge in [-0.2, -0.15) is 0 Å². The smallest absolute Gasteiger partial charge is 0.226 e. The van der Waals surface area contributed by atoms with Crippen LogP contribution in [0.3, 0.4) is 0 Å². The van der Waals surface area contributed by atoms with Crippen molar-refractivity contribution in [2.75, 3.05) is 6.54 Å². The molecule has 1 saturated carbocycles. The van der Waals surface area contributed by atoms with Crippen molar-refractivity contribution in [3.05, 3.63) is 71.3 Å². The predicted octanol–water partition coefficient (Wildman–Crippen LogP) is 3.69. The van der Waals surface area contributed by atoms with Gasteiger partial charge in [0, 0.05) is 12.5 Å². The van der Waals surface area contributed by atoms with E-state index < -0.39 is 0 Å². The number of hydrogen-bond acceptors (Lipinski definition) is 2. The fourth-order valence-corrected chi connectivity index (χ4v) is 4.58. The molecular formula is C22H26N2O. The zero-order valence-electron chi connectivity index (χ0n) is 14.6. The SMILES string of the molecule is NC[C@H]1CCC[C@H]1C(=O)N1Cc2ccccc2CC1c1ccccc1. The molecule has 0 aromatic heterocycles. The number of fused-ring (bicyclic) bond motifs is 1. The molecule has 1 heterocycles. The van der Waals surface area contributed by atoms with Gasteiger partial charge in [0.2, 0.25) is 5.91 Å². The van der Waals surface area contributed by atoms with E-state index in [2.05, 4.69) is 53.4 Å². The minimum absolute atomic E-state index is 0.0986. The highest BCUT2D eigenvalue weighted by molar-refractivity contribution is 5.80. The first-order chi connectivity index (χ1) is 12.3. The van der Waals surface area contributed by atoms with Crippen molar-refractivity contribution < 1.29 is 4.79 Å². The average Bonchev–Trinajstić information content (AvgIpc) is 3.16. The van der Waals surface area contributed by atoms with E-state index in [0.29, 0.717) is 24.9 Å². The molecule has 1 aliphatic carbocycles. The van der Waals surface area contributed by atoms with Gasteiger partial charge in [0.15, 0.2) is 0 Å². The summed E-state index contributed by atoms with van der Waals surface area (Å²) in [6.07, 6.45) is 4.10. The van der Waals surface area contributed by atoms with E-state index in [-0.39, 0.29) is 12.0 Å². The van der Waals surface area contributed by atoms with Crippen molar-refractivity contribution in [2.45, 2.75) is 38.3 Å². The molecule has 2 aromatic rings. The Bertz CT molecular complexity index is 743. The number of rotatable bonds is 3. The quantitative estimate of drug-likeness (QED) is 0.930. The Balaban J connectivity index is 1.68. The second-order valence-electron chi connectivity index (χ2n) is 7.40. The number of nitrogens with two attached hydrogens (primary N) is 1. The molecule has 0 radical (unpaired) electrons. The lowest BCUT2D eigenvalue weighted by molar-refractivity contribution is -0.140. The molecule has 2 aliphatic rings. The summed E-state index contributed by atoms with van der Waals surface area (Å²) in [6.45, 7) is 1.33. The highest BCUT2D eigenvalue weighted by Gasteiger charge is 2.39. The van der Waals surface area contributed by atoms with E-state index in [4.69, 9.17) is 5.73 Å². The number of nitrogens with zero attached hydrogens (tertiary/aromatic N) is 1. The minimum atomic E-state index is 0.0986. The largest absolute Gasteiger partial charge is 0.331 e. The van der Waals surface area contributed by atoms with Crippen LogP contribution in [0, 0.1) is 11.8 Å². The summed E-state index contributed by atoms with van der Waals surface area (Å²) in [5.41, 5.74) is 9.82. The molecule has 0 bridgehead atoms. The van der Waals surface area contributed by atoms with Crippen molar-refractivity contribution in [1.82, 2.24) is 4.90 Å². The highest BCUT2D eigenvalue weighted by atomic mass is 16.2. The first-order valence-corrected chi connectivity index (χ1v) is 9.40. The van der Waals surface area contributed by atoms with Crippen LogP contribution in [0.15, 0.2) is 54.6 Å². The van der Waals surface area contributed by atoms with Crippen LogP contribution in [0.2, 0.25) is 0 Å². The molecule has 3 nitrogen and oxygen atoms in total. The molecule has 1 fully saturated rings. The van der Waals surface area contributed by atoms with E-state index in [0.717, 1.165) is 25.7 Å². The molecule has 2 aromatic carbocycles. The van der Waals surface area contributed by atoms with Gasteiger partial charge in [-0.25, -0.2) is 0 Å². The maximum atomic E-state index is 13.4. The summed E-state index contributed by atoms with van der Waals surface area (Å²) in [5.74, 6) is 0.749. The summed E-state index contributed by atoms with van der Waals surface area (Å²) >= 11 is 0. The van der Waals surface area contributed by atoms with E-state index in [1.807, 2.05) is 6.07 Å². The minimum Gasteiger partial charge on any atom is -0.331 e. The fraction of sp³-hybridized carbons (Fsp3) is 0.409. The molecule has 25 heavy (non-hydrogen) atoms. The molecule has 1 aliphatic heterocycles. The third kappa shape index (κ3) is 3.09. The van der Waals surface area contributed by atoms with Crippen LogP contribution < -0.4 is 5.73 Å². The lowest BCUT2D eigenvalue weighted by atomic mass is 9.87. The topological polar surface area (TPSA) is 46.3 Å². The van der Waals surface area contributed by atoms with Gasteiger partial charge in [-0.1, -0.05) is 61.0 Å². The molecule has 4 rings (SSSR count). The Hall–Kier alpha value is -2.13. The molecule has 3 atom stereocenters. The summed E-state index contributed by atoms with van der Waals surface area (Å²) in [4.78, 5) is 15.6. The van der Waals surface area contributed by atoms with Crippen molar-refractivity contribution in [3.8, 4) is 0 Å². The Morgan fingerprint density at radius 1 is 1.00 bits per heavy atom. The van der Waals surface area contributed by atoms with Crippen LogP contribution in [0.1, 0.15) is 42.0 Å². The van der Waals surface area contributed by atoms with E-state index in [1.165, 1.54) is 16.7 Å². The van der Waals surface area contributed by atoms with Crippen LogP contribution in [0.5, 0.6) is 0 Å². The van der Waals surface area contributed by atoms with E-state index in [9.17, 15) is 4.79 Å². The maximum Gasteiger partial charge on any atom is 0.226 e. The van der Waals surface area contributed by atoms with Gasteiger partial charge in [-0.15, -0.1) is 0 Å². The lowest BCUT2D eigenvalue weighted by Crippen LogP contribution is -2.43. The number of amides is 1. The van der Waals surface area contributed by atoms with Crippen molar-refractivity contribution in [2.24, 2.45) is 17.6 Å². The van der Waals surface area contributed by atoms with Gasteiger partial charge < -0.3 is 10.6 Å². The summed E-state index contributed by atoms with van der Waals surface area (Å²) in [6, 6.07) is 19.1. The fourth-order valence-electron chi connectivity index (χ4n) is 4.58. The van der Waals surface area contributed by atoms with Crippen molar-refractivity contribution >= 4 is 5.91 Å². The third-order valence-electron chi connectivity index (χ3n) is 6.00. The van der Waals surface area contributed by atoms with Gasteiger partial charge in [-0.3, -0.25) is 4.79 Å². The van der Waals surface area contributed by atoms with E-state index in [1.54, 1.807) is 0 Å². The second kappa shape index (κ2) is 7.01. The molecular weight excluding hydrogens is 308 g/mol. The molecule has 3 heteroatoms. The molecule has 1 unspecified atom stereocenters. The summed E-state index contributed by atoms with van der Waals surface area (Å²) in [7, 11) is 0. The maximum absolute atomic E-state index is 13.4. The standard InChI is InChI=1S/C22H26N2O/c23-14-18-11-6-12-20(18)22(25)24-15-19-10-5-4-9-17(19)13-21(24)16-7-2-1-3-8-16/h1-5,7-10,18,20-21H,6,11-15,23H2/t18-,20-,21?/m1/s1. The number of hydrogen-bond donors (Lipinski definition) is 1. The van der Waals surface area contributed by atoms with Crippen molar-refractivity contribution in [1.29, 1.82) is 0 Å². The van der Waals surface area contributed by atoms with Crippen LogP contribution >= 0.6 is 0 Å². The predicted molar refractivity (Wildman–Crippen MR) is 99.8 cm³/mol. The number of carbonyl (C=O) groups is 1. The second-order valence-corrected chi connectivity index (χ2v) is 7.40. The summed E-state index contributed by atoms with van der Waals surface area (Å²) in [5, 5.41) is 0. The zero-order chi connectivity index (χ0) is 17.2. The monoisotopic (exact) mass is 334 g/mol. The molecule has 0 spiro atoms. The van der Waals surface area contributed by atoms with Crippen LogP contribution in [-0.4, -0.2) is 17.4 Å². The average molecular weight is 334 g/mol. The third-order valence-corrected chi connectivity index (χ3v) is 6.00. The first kappa shape index (κ1) is 16.3. The number of carbonyl (C=O) groups excluding carboxylic acids is 1. The van der Waals surface area contributed by atoms with Gasteiger partial charge in [-0.05, 0) is 48.4 Å². The van der Waals surface area contributed by atoms with Gasteiger partial charge in [0.25, 0.3) is 0 Å². The lowest BCUT2D eigenvalue weighted by Gasteiger charge is -2.39. The Morgan fingerprint density at radius 2 is 1.72 bits per heavy atom. The molecule has 0 saturated heterocycles. The number of benzene rings is 2. The summed E-state index contributed by atoms with van der Waals surface area (Å²) < 4.78 is 0. The molecule has 2 N–H and O–H groups in total. The van der Waals surface area contributed by atoms with E-state index >= 15 is 0 Å². The Labute approximate surface area is 149 Å². The van der Waals surface area contributed by atoms with Crippen LogP contribution in [0.25, 0.3) is 0 Å². The molecule has 130 valence electrons. The zero-order valence-corrected chi connectivity index (χ0v) is 14.6. The van der Waals surface area contributed by atoms with Gasteiger partial charge in [0.1, 0.15) is 0 Å². The normalized spacial score (nSPS) is 25.6. The van der Waals surface area contributed by atoms with Gasteiger partial charge >= 0.3 is 0 Å². The van der Waals surface area contributed by atoms with Gasteiger partial charge in [0.05, 0.1) is 6.04 Å². The molecule has 1 amide bonds. The highest BCUT2D eigenvalue weighted by Crippen LogP contribution is 2.38. The van der Waals surface area contributed by atoms with Crippen molar-refractivity contribution in [3.63, 3.8) is 0 Å². The van der Waals surface area contributed by atoms with Crippen LogP contribution in [-0.2, 0) is 17.8 Å². The first-order valence-electron chi connectivity index (χ1n) is 9.40.